The topological polar surface area (TPSA) is 55.1 Å². The Morgan fingerprint density at radius 2 is 2.00 bits per heavy atom. The highest BCUT2D eigenvalue weighted by atomic mass is 19.4. The molecule has 0 amide bonds. The standard InChI is InChI=1S/C14H15F3N2O2/c1-8(2)11(6-20)19-7-18-10-5-3-4-9(14(15,16)17)12(10)13(19)21/h3-5,7-8,11,20H,6H2,1-2H3. The SMILES string of the molecule is CC(C)C(CO)n1cnc2cccc(C(F)(F)F)c2c1=O. The second-order valence-corrected chi connectivity index (χ2v) is 5.15. The van der Waals surface area contributed by atoms with Crippen LogP contribution in [-0.4, -0.2) is 21.3 Å². The Bertz CT molecular complexity index is 707. The lowest BCUT2D eigenvalue weighted by atomic mass is 10.0. The summed E-state index contributed by atoms with van der Waals surface area (Å²) in [5.74, 6) is -0.120. The molecule has 1 aromatic heterocycles. The zero-order valence-electron chi connectivity index (χ0n) is 11.6. The van der Waals surface area contributed by atoms with E-state index in [0.717, 1.165) is 10.6 Å². The molecule has 0 saturated carbocycles. The van der Waals surface area contributed by atoms with E-state index in [1.165, 1.54) is 18.5 Å². The molecule has 1 heterocycles. The van der Waals surface area contributed by atoms with Gasteiger partial charge in [-0.1, -0.05) is 19.9 Å². The number of aliphatic hydroxyl groups excluding tert-OH is 1. The predicted molar refractivity (Wildman–Crippen MR) is 72.0 cm³/mol. The summed E-state index contributed by atoms with van der Waals surface area (Å²) in [6.07, 6.45) is -3.45. The highest BCUT2D eigenvalue weighted by molar-refractivity contribution is 5.81. The minimum Gasteiger partial charge on any atom is -0.394 e. The van der Waals surface area contributed by atoms with E-state index in [9.17, 15) is 23.1 Å². The Balaban J connectivity index is 2.80. The average Bonchev–Trinajstić information content (AvgIpc) is 2.40. The number of halogens is 3. The molecule has 1 aromatic carbocycles. The van der Waals surface area contributed by atoms with Gasteiger partial charge in [0.25, 0.3) is 5.56 Å². The fraction of sp³-hybridized carbons (Fsp3) is 0.429. The van der Waals surface area contributed by atoms with Crippen molar-refractivity contribution in [2.24, 2.45) is 5.92 Å². The van der Waals surface area contributed by atoms with Crippen LogP contribution in [0, 0.1) is 5.92 Å². The number of rotatable bonds is 3. The van der Waals surface area contributed by atoms with Crippen LogP contribution in [-0.2, 0) is 6.18 Å². The molecule has 0 aliphatic carbocycles. The molecule has 1 atom stereocenters. The molecule has 1 unspecified atom stereocenters. The van der Waals surface area contributed by atoms with E-state index in [-0.39, 0.29) is 18.0 Å². The number of alkyl halides is 3. The summed E-state index contributed by atoms with van der Waals surface area (Å²) < 4.78 is 40.2. The van der Waals surface area contributed by atoms with E-state index < -0.39 is 28.7 Å². The van der Waals surface area contributed by atoms with Crippen molar-refractivity contribution in [1.29, 1.82) is 0 Å². The lowest BCUT2D eigenvalue weighted by Gasteiger charge is -2.21. The molecule has 0 spiro atoms. The van der Waals surface area contributed by atoms with Crippen LogP contribution in [0.2, 0.25) is 0 Å². The van der Waals surface area contributed by atoms with E-state index in [2.05, 4.69) is 4.98 Å². The van der Waals surface area contributed by atoms with Crippen LogP contribution in [0.4, 0.5) is 13.2 Å². The third-order valence-electron chi connectivity index (χ3n) is 3.43. The van der Waals surface area contributed by atoms with Crippen molar-refractivity contribution in [3.05, 3.63) is 40.4 Å². The van der Waals surface area contributed by atoms with Gasteiger partial charge in [0.1, 0.15) is 0 Å². The third-order valence-corrected chi connectivity index (χ3v) is 3.43. The summed E-state index contributed by atoms with van der Waals surface area (Å²) in [7, 11) is 0. The molecule has 114 valence electrons. The molecule has 21 heavy (non-hydrogen) atoms. The Morgan fingerprint density at radius 1 is 1.33 bits per heavy atom. The number of nitrogens with zero attached hydrogens (tertiary/aromatic N) is 2. The zero-order chi connectivity index (χ0) is 15.8. The van der Waals surface area contributed by atoms with Crippen LogP contribution < -0.4 is 5.56 Å². The molecule has 1 N–H and O–H groups in total. The minimum atomic E-state index is -4.63. The summed E-state index contributed by atoms with van der Waals surface area (Å²) in [5.41, 5.74) is -1.81. The van der Waals surface area contributed by atoms with Crippen molar-refractivity contribution >= 4 is 10.9 Å². The van der Waals surface area contributed by atoms with E-state index in [1.807, 2.05) is 0 Å². The molecule has 0 bridgehead atoms. The molecule has 0 fully saturated rings. The van der Waals surface area contributed by atoms with E-state index >= 15 is 0 Å². The van der Waals surface area contributed by atoms with Gasteiger partial charge in [0.2, 0.25) is 0 Å². The lowest BCUT2D eigenvalue weighted by molar-refractivity contribution is -0.136. The first-order chi connectivity index (χ1) is 9.77. The molecule has 7 heteroatoms. The molecule has 0 aliphatic heterocycles. The average molecular weight is 300 g/mol. The molecule has 0 saturated heterocycles. The number of hydrogen-bond acceptors (Lipinski definition) is 3. The second kappa shape index (κ2) is 5.48. The molecule has 2 rings (SSSR count). The van der Waals surface area contributed by atoms with Gasteiger partial charge < -0.3 is 5.11 Å². The van der Waals surface area contributed by atoms with E-state index in [4.69, 9.17) is 0 Å². The summed E-state index contributed by atoms with van der Waals surface area (Å²) in [6, 6.07) is 2.82. The predicted octanol–water partition coefficient (Wildman–Crippen LogP) is 2.60. The Morgan fingerprint density at radius 3 is 2.52 bits per heavy atom. The van der Waals surface area contributed by atoms with Crippen LogP contribution in [0.3, 0.4) is 0 Å². The maximum absolute atomic E-state index is 13.0. The van der Waals surface area contributed by atoms with E-state index in [0.29, 0.717) is 0 Å². The van der Waals surface area contributed by atoms with E-state index in [1.54, 1.807) is 13.8 Å². The van der Waals surface area contributed by atoms with Gasteiger partial charge in [-0.05, 0) is 18.1 Å². The Labute approximate surface area is 118 Å². The molecular weight excluding hydrogens is 285 g/mol. The molecule has 0 aliphatic rings. The second-order valence-electron chi connectivity index (χ2n) is 5.15. The highest BCUT2D eigenvalue weighted by Crippen LogP contribution is 2.32. The largest absolute Gasteiger partial charge is 0.417 e. The monoisotopic (exact) mass is 300 g/mol. The smallest absolute Gasteiger partial charge is 0.394 e. The number of hydrogen-bond donors (Lipinski definition) is 1. The van der Waals surface area contributed by atoms with Crippen LogP contribution in [0.1, 0.15) is 25.5 Å². The number of aromatic nitrogens is 2. The van der Waals surface area contributed by atoms with Crippen molar-refractivity contribution in [1.82, 2.24) is 9.55 Å². The fourth-order valence-corrected chi connectivity index (χ4v) is 2.27. The normalized spacial score (nSPS) is 13.9. The van der Waals surface area contributed by atoms with Crippen LogP contribution in [0.15, 0.2) is 29.3 Å². The number of benzene rings is 1. The summed E-state index contributed by atoms with van der Waals surface area (Å²) in [6.45, 7) is 3.19. The number of aliphatic hydroxyl groups is 1. The highest BCUT2D eigenvalue weighted by Gasteiger charge is 2.34. The van der Waals surface area contributed by atoms with Gasteiger partial charge in [-0.15, -0.1) is 0 Å². The molecular formula is C14H15F3N2O2. The molecule has 2 aromatic rings. The van der Waals surface area contributed by atoms with Gasteiger partial charge in [0.15, 0.2) is 0 Å². The molecule has 0 radical (unpaired) electrons. The van der Waals surface area contributed by atoms with Gasteiger partial charge in [0, 0.05) is 0 Å². The fourth-order valence-electron chi connectivity index (χ4n) is 2.27. The first-order valence-corrected chi connectivity index (χ1v) is 6.45. The number of fused-ring (bicyclic) bond motifs is 1. The van der Waals surface area contributed by atoms with Crippen molar-refractivity contribution in [2.75, 3.05) is 6.61 Å². The van der Waals surface area contributed by atoms with Gasteiger partial charge >= 0.3 is 6.18 Å². The first kappa shape index (κ1) is 15.5. The van der Waals surface area contributed by atoms with Crippen molar-refractivity contribution in [3.8, 4) is 0 Å². The summed E-state index contributed by atoms with van der Waals surface area (Å²) >= 11 is 0. The van der Waals surface area contributed by atoms with Gasteiger partial charge in [0.05, 0.1) is 35.4 Å². The lowest BCUT2D eigenvalue weighted by Crippen LogP contribution is -2.31. The van der Waals surface area contributed by atoms with Gasteiger partial charge in [-0.25, -0.2) is 4.98 Å². The van der Waals surface area contributed by atoms with Crippen LogP contribution in [0.5, 0.6) is 0 Å². The maximum atomic E-state index is 13.0. The third kappa shape index (κ3) is 2.78. The summed E-state index contributed by atoms with van der Waals surface area (Å²) in [4.78, 5) is 16.3. The van der Waals surface area contributed by atoms with Gasteiger partial charge in [-0.3, -0.25) is 9.36 Å². The zero-order valence-corrected chi connectivity index (χ0v) is 11.6. The Hall–Kier alpha value is -1.89. The Kier molecular flexibility index (Phi) is 4.04. The molecule has 4 nitrogen and oxygen atoms in total. The minimum absolute atomic E-state index is 0.00785. The van der Waals surface area contributed by atoms with Crippen molar-refractivity contribution in [3.63, 3.8) is 0 Å². The first-order valence-electron chi connectivity index (χ1n) is 6.45. The van der Waals surface area contributed by atoms with Crippen LogP contribution in [0.25, 0.3) is 10.9 Å². The van der Waals surface area contributed by atoms with Crippen molar-refractivity contribution < 1.29 is 18.3 Å². The summed E-state index contributed by atoms with van der Waals surface area (Å²) in [5, 5.41) is 8.90. The van der Waals surface area contributed by atoms with Crippen molar-refractivity contribution in [2.45, 2.75) is 26.1 Å². The maximum Gasteiger partial charge on any atom is 0.417 e. The quantitative estimate of drug-likeness (QED) is 0.948. The van der Waals surface area contributed by atoms with Gasteiger partial charge in [-0.2, -0.15) is 13.2 Å². The van der Waals surface area contributed by atoms with Crippen LogP contribution >= 0.6 is 0 Å².